The van der Waals surface area contributed by atoms with Gasteiger partial charge in [0.2, 0.25) is 5.91 Å². The molecule has 2 aromatic carbocycles. The zero-order valence-electron chi connectivity index (χ0n) is 13.6. The molecule has 0 radical (unpaired) electrons. The zero-order chi connectivity index (χ0) is 17.6. The Morgan fingerprint density at radius 1 is 1.20 bits per heavy atom. The zero-order valence-corrected chi connectivity index (χ0v) is 15.2. The summed E-state index contributed by atoms with van der Waals surface area (Å²) in [7, 11) is 0. The molecule has 1 atom stereocenters. The van der Waals surface area contributed by atoms with Gasteiger partial charge < -0.3 is 5.32 Å². The number of hydrogen-bond acceptors (Lipinski definition) is 4. The quantitative estimate of drug-likeness (QED) is 0.635. The molecule has 3 rings (SSSR count). The maximum absolute atomic E-state index is 13.0. The number of nitrogens with one attached hydrogen (secondary N) is 1. The molecule has 128 valence electrons. The second kappa shape index (κ2) is 8.27. The number of carbonyl (C=O) groups excluding carboxylic acids is 1. The molecule has 0 saturated carbocycles. The van der Waals surface area contributed by atoms with E-state index in [0.717, 1.165) is 21.2 Å². The molecule has 0 saturated heterocycles. The first-order valence-corrected chi connectivity index (χ1v) is 9.57. The van der Waals surface area contributed by atoms with Gasteiger partial charge >= 0.3 is 0 Å². The predicted molar refractivity (Wildman–Crippen MR) is 101 cm³/mol. The topological polar surface area (TPSA) is 42.0 Å². The van der Waals surface area contributed by atoms with Crippen LogP contribution in [0.25, 0.3) is 11.3 Å². The molecule has 1 aromatic heterocycles. The van der Waals surface area contributed by atoms with Crippen LogP contribution in [0.15, 0.2) is 64.3 Å². The summed E-state index contributed by atoms with van der Waals surface area (Å²) >= 11 is 2.91. The molecule has 25 heavy (non-hydrogen) atoms. The van der Waals surface area contributed by atoms with Crippen LogP contribution in [-0.2, 0) is 11.3 Å². The van der Waals surface area contributed by atoms with Crippen molar-refractivity contribution in [1.82, 2.24) is 10.3 Å². The van der Waals surface area contributed by atoms with Gasteiger partial charge in [-0.2, -0.15) is 0 Å². The number of aromatic nitrogens is 1. The van der Waals surface area contributed by atoms with E-state index in [0.29, 0.717) is 6.54 Å². The number of hydrogen-bond donors (Lipinski definition) is 1. The van der Waals surface area contributed by atoms with E-state index in [1.807, 2.05) is 42.6 Å². The van der Waals surface area contributed by atoms with Gasteiger partial charge in [-0.25, -0.2) is 9.37 Å². The molecule has 1 heterocycles. The number of rotatable bonds is 6. The highest BCUT2D eigenvalue weighted by atomic mass is 32.2. The van der Waals surface area contributed by atoms with Crippen molar-refractivity contribution in [3.05, 3.63) is 71.4 Å². The van der Waals surface area contributed by atoms with Crippen molar-refractivity contribution in [1.29, 1.82) is 0 Å². The van der Waals surface area contributed by atoms with Crippen molar-refractivity contribution in [2.75, 3.05) is 0 Å². The molecule has 0 aliphatic rings. The highest BCUT2D eigenvalue weighted by Gasteiger charge is 2.16. The third-order valence-electron chi connectivity index (χ3n) is 3.58. The van der Waals surface area contributed by atoms with Crippen molar-refractivity contribution in [2.45, 2.75) is 23.1 Å². The van der Waals surface area contributed by atoms with E-state index >= 15 is 0 Å². The maximum Gasteiger partial charge on any atom is 0.233 e. The lowest BCUT2D eigenvalue weighted by atomic mass is 10.2. The number of thiazole rings is 1. The van der Waals surface area contributed by atoms with Gasteiger partial charge in [0.25, 0.3) is 0 Å². The SMILES string of the molecule is CC(Sc1nc(-c2ccc(F)cc2)cs1)C(=O)NCc1ccccc1. The number of benzene rings is 2. The third-order valence-corrected chi connectivity index (χ3v) is 5.65. The maximum atomic E-state index is 13.0. The van der Waals surface area contributed by atoms with Gasteiger partial charge in [0, 0.05) is 17.5 Å². The monoisotopic (exact) mass is 372 g/mol. The average molecular weight is 372 g/mol. The van der Waals surface area contributed by atoms with Crippen LogP contribution in [0.5, 0.6) is 0 Å². The first kappa shape index (κ1) is 17.6. The van der Waals surface area contributed by atoms with Crippen LogP contribution < -0.4 is 5.32 Å². The molecule has 1 unspecified atom stereocenters. The van der Waals surface area contributed by atoms with Crippen LogP contribution in [0.2, 0.25) is 0 Å². The van der Waals surface area contributed by atoms with Crippen molar-refractivity contribution < 1.29 is 9.18 Å². The van der Waals surface area contributed by atoms with E-state index in [4.69, 9.17) is 0 Å². The Balaban J connectivity index is 1.56. The van der Waals surface area contributed by atoms with Crippen molar-refractivity contribution in [2.24, 2.45) is 0 Å². The molecule has 0 aliphatic heterocycles. The summed E-state index contributed by atoms with van der Waals surface area (Å²) in [5.41, 5.74) is 2.73. The van der Waals surface area contributed by atoms with Crippen LogP contribution in [0, 0.1) is 5.82 Å². The largest absolute Gasteiger partial charge is 0.351 e. The molecule has 0 spiro atoms. The van der Waals surface area contributed by atoms with E-state index in [1.54, 1.807) is 12.1 Å². The fraction of sp³-hybridized carbons (Fsp3) is 0.158. The van der Waals surface area contributed by atoms with Crippen molar-refractivity contribution >= 4 is 29.0 Å². The first-order valence-electron chi connectivity index (χ1n) is 7.81. The fourth-order valence-corrected chi connectivity index (χ4v) is 4.19. The summed E-state index contributed by atoms with van der Waals surface area (Å²) in [6, 6.07) is 16.1. The van der Waals surface area contributed by atoms with Crippen LogP contribution in [0.1, 0.15) is 12.5 Å². The number of nitrogens with zero attached hydrogens (tertiary/aromatic N) is 1. The third kappa shape index (κ3) is 4.90. The van der Waals surface area contributed by atoms with Crippen LogP contribution >= 0.6 is 23.1 Å². The fourth-order valence-electron chi connectivity index (χ4n) is 2.20. The summed E-state index contributed by atoms with van der Waals surface area (Å²) < 4.78 is 13.8. The Bertz CT molecular complexity index is 834. The first-order chi connectivity index (χ1) is 12.1. The summed E-state index contributed by atoms with van der Waals surface area (Å²) in [4.78, 5) is 16.8. The molecule has 3 nitrogen and oxygen atoms in total. The molecule has 1 N–H and O–H groups in total. The lowest BCUT2D eigenvalue weighted by Crippen LogP contribution is -2.30. The Morgan fingerprint density at radius 2 is 1.92 bits per heavy atom. The molecule has 0 aliphatic carbocycles. The van der Waals surface area contributed by atoms with Crippen LogP contribution in [0.3, 0.4) is 0 Å². The summed E-state index contributed by atoms with van der Waals surface area (Å²) in [6.45, 7) is 2.38. The number of amides is 1. The second-order valence-electron chi connectivity index (χ2n) is 5.47. The highest BCUT2D eigenvalue weighted by Crippen LogP contribution is 2.30. The van der Waals surface area contributed by atoms with E-state index < -0.39 is 0 Å². The van der Waals surface area contributed by atoms with Crippen LogP contribution in [0.4, 0.5) is 4.39 Å². The standard InChI is InChI=1S/C19H17FN2OS2/c1-13(18(23)21-11-14-5-3-2-4-6-14)25-19-22-17(12-24-19)15-7-9-16(20)10-8-15/h2-10,12-13H,11H2,1H3,(H,21,23). The highest BCUT2D eigenvalue weighted by molar-refractivity contribution is 8.02. The van der Waals surface area contributed by atoms with E-state index in [9.17, 15) is 9.18 Å². The Kier molecular flexibility index (Phi) is 5.83. The molecule has 6 heteroatoms. The predicted octanol–water partition coefficient (Wildman–Crippen LogP) is 4.75. The van der Waals surface area contributed by atoms with Gasteiger partial charge in [-0.05, 0) is 36.8 Å². The molecule has 1 amide bonds. The summed E-state index contributed by atoms with van der Waals surface area (Å²) in [6.07, 6.45) is 0. The van der Waals surface area contributed by atoms with Gasteiger partial charge in [-0.15, -0.1) is 11.3 Å². The minimum Gasteiger partial charge on any atom is -0.351 e. The minimum absolute atomic E-state index is 0.0209. The Morgan fingerprint density at radius 3 is 2.64 bits per heavy atom. The van der Waals surface area contributed by atoms with E-state index in [-0.39, 0.29) is 17.0 Å². The van der Waals surface area contributed by atoms with Gasteiger partial charge in [-0.3, -0.25) is 4.79 Å². The van der Waals surface area contributed by atoms with Gasteiger partial charge in [0.15, 0.2) is 4.34 Å². The van der Waals surface area contributed by atoms with Crippen molar-refractivity contribution in [3.63, 3.8) is 0 Å². The summed E-state index contributed by atoms with van der Waals surface area (Å²) in [5, 5.41) is 4.62. The molecular formula is C19H17FN2OS2. The second-order valence-corrected chi connectivity index (χ2v) is 7.92. The number of carbonyl (C=O) groups is 1. The van der Waals surface area contributed by atoms with Crippen molar-refractivity contribution in [3.8, 4) is 11.3 Å². The van der Waals surface area contributed by atoms with E-state index in [1.165, 1.54) is 35.2 Å². The van der Waals surface area contributed by atoms with Gasteiger partial charge in [-0.1, -0.05) is 42.1 Å². The Labute approximate surface area is 154 Å². The molecule has 3 aromatic rings. The molecular weight excluding hydrogens is 355 g/mol. The van der Waals surface area contributed by atoms with Crippen LogP contribution in [-0.4, -0.2) is 16.1 Å². The van der Waals surface area contributed by atoms with Gasteiger partial charge in [0.05, 0.1) is 10.9 Å². The van der Waals surface area contributed by atoms with Gasteiger partial charge in [0.1, 0.15) is 5.82 Å². The smallest absolute Gasteiger partial charge is 0.233 e. The lowest BCUT2D eigenvalue weighted by molar-refractivity contribution is -0.120. The molecule has 0 bridgehead atoms. The number of thioether (sulfide) groups is 1. The molecule has 0 fully saturated rings. The van der Waals surface area contributed by atoms with E-state index in [2.05, 4.69) is 10.3 Å². The summed E-state index contributed by atoms with van der Waals surface area (Å²) in [5.74, 6) is -0.287. The Hall–Kier alpha value is -2.18. The minimum atomic E-state index is -0.266. The number of halogens is 1. The lowest BCUT2D eigenvalue weighted by Gasteiger charge is -2.10. The normalized spacial score (nSPS) is 11.9. The average Bonchev–Trinajstić information content (AvgIpc) is 3.09.